The van der Waals surface area contributed by atoms with Crippen LogP contribution in [0.3, 0.4) is 0 Å². The van der Waals surface area contributed by atoms with Crippen molar-refractivity contribution in [2.75, 3.05) is 6.54 Å². The fourth-order valence-corrected chi connectivity index (χ4v) is 5.36. The van der Waals surface area contributed by atoms with E-state index in [4.69, 9.17) is 4.42 Å². The van der Waals surface area contributed by atoms with Crippen LogP contribution in [0.1, 0.15) is 55.6 Å². The number of fused-ring (bicyclic) bond motifs is 3. The Kier molecular flexibility index (Phi) is 5.31. The third-order valence-corrected chi connectivity index (χ3v) is 7.43. The molecule has 168 valence electrons. The molecule has 0 bridgehead atoms. The first-order valence-corrected chi connectivity index (χ1v) is 11.7. The maximum absolute atomic E-state index is 13.8. The lowest BCUT2D eigenvalue weighted by atomic mass is 9.85. The number of hydrogen-bond acceptors (Lipinski definition) is 3. The molecular formula is C26H31N3O3. The minimum atomic E-state index is -0.973. The predicted octanol–water partition coefficient (Wildman–Crippen LogP) is 4.39. The van der Waals surface area contributed by atoms with E-state index in [0.29, 0.717) is 36.7 Å². The number of furan rings is 1. The molecule has 1 aromatic carbocycles. The molecule has 0 unspecified atom stereocenters. The van der Waals surface area contributed by atoms with Crippen molar-refractivity contribution in [3.63, 3.8) is 0 Å². The maximum atomic E-state index is 13.8. The molecule has 3 atom stereocenters. The number of hydrogen-bond donors (Lipinski definition) is 1. The smallest absolute Gasteiger partial charge is 0.271 e. The number of nitrogens with one attached hydrogen (secondary N) is 1. The van der Waals surface area contributed by atoms with Gasteiger partial charge in [-0.3, -0.25) is 9.59 Å². The number of carbonyl (C=O) groups excluding carboxylic acids is 2. The van der Waals surface area contributed by atoms with Gasteiger partial charge in [0, 0.05) is 24.7 Å². The number of carbonyl (C=O) groups is 2. The molecule has 1 N–H and O–H groups in total. The third-order valence-electron chi connectivity index (χ3n) is 7.43. The summed E-state index contributed by atoms with van der Waals surface area (Å²) in [5, 5.41) is 3.32. The normalized spacial score (nSPS) is 25.7. The minimum absolute atomic E-state index is 0.0614. The molecule has 1 aliphatic carbocycles. The first kappa shape index (κ1) is 20.9. The van der Waals surface area contributed by atoms with Gasteiger partial charge in [0.2, 0.25) is 5.91 Å². The monoisotopic (exact) mass is 433 g/mol. The Morgan fingerprint density at radius 3 is 2.75 bits per heavy atom. The van der Waals surface area contributed by atoms with E-state index in [1.54, 1.807) is 17.2 Å². The van der Waals surface area contributed by atoms with Gasteiger partial charge < -0.3 is 19.2 Å². The topological polar surface area (TPSA) is 67.5 Å². The molecular weight excluding hydrogens is 402 g/mol. The third kappa shape index (κ3) is 3.51. The molecule has 5 rings (SSSR count). The van der Waals surface area contributed by atoms with Gasteiger partial charge in [0.15, 0.2) is 5.58 Å². The van der Waals surface area contributed by atoms with Crippen LogP contribution in [0.15, 0.2) is 53.1 Å². The molecule has 2 aromatic heterocycles. The van der Waals surface area contributed by atoms with Gasteiger partial charge in [-0.2, -0.15) is 0 Å². The largest absolute Gasteiger partial charge is 0.463 e. The molecule has 32 heavy (non-hydrogen) atoms. The summed E-state index contributed by atoms with van der Waals surface area (Å²) < 4.78 is 7.50. The lowest BCUT2D eigenvalue weighted by Gasteiger charge is -2.45. The molecule has 3 heterocycles. The van der Waals surface area contributed by atoms with E-state index in [1.165, 1.54) is 6.42 Å². The van der Waals surface area contributed by atoms with Crippen molar-refractivity contribution < 1.29 is 14.0 Å². The second-order valence-electron chi connectivity index (χ2n) is 9.59. The summed E-state index contributed by atoms with van der Waals surface area (Å²) in [6.07, 6.45) is 6.83. The van der Waals surface area contributed by atoms with Crippen LogP contribution in [-0.4, -0.2) is 39.4 Å². The molecule has 1 aliphatic heterocycles. The van der Waals surface area contributed by atoms with Gasteiger partial charge in [0.1, 0.15) is 11.2 Å². The van der Waals surface area contributed by atoms with Gasteiger partial charge in [-0.1, -0.05) is 50.1 Å². The van der Waals surface area contributed by atoms with Crippen molar-refractivity contribution in [2.24, 2.45) is 5.92 Å². The molecule has 1 fully saturated rings. The Hall–Kier alpha value is -3.02. The zero-order valence-corrected chi connectivity index (χ0v) is 18.8. The highest BCUT2D eigenvalue weighted by atomic mass is 16.3. The maximum Gasteiger partial charge on any atom is 0.271 e. The van der Waals surface area contributed by atoms with E-state index >= 15 is 0 Å². The quantitative estimate of drug-likeness (QED) is 0.649. The summed E-state index contributed by atoms with van der Waals surface area (Å²) in [4.78, 5) is 29.2. The molecule has 0 saturated heterocycles. The van der Waals surface area contributed by atoms with Gasteiger partial charge >= 0.3 is 0 Å². The van der Waals surface area contributed by atoms with Crippen LogP contribution in [0, 0.1) is 5.92 Å². The fourth-order valence-electron chi connectivity index (χ4n) is 5.36. The summed E-state index contributed by atoms with van der Waals surface area (Å²) in [7, 11) is 0. The second kappa shape index (κ2) is 8.15. The fraction of sp³-hybridized carbons (Fsp3) is 0.462. The van der Waals surface area contributed by atoms with Crippen molar-refractivity contribution in [1.29, 1.82) is 0 Å². The summed E-state index contributed by atoms with van der Waals surface area (Å²) in [5.41, 5.74) is 2.31. The van der Waals surface area contributed by atoms with E-state index in [0.717, 1.165) is 30.3 Å². The van der Waals surface area contributed by atoms with Gasteiger partial charge in [0.25, 0.3) is 5.91 Å². The van der Waals surface area contributed by atoms with E-state index < -0.39 is 5.54 Å². The predicted molar refractivity (Wildman–Crippen MR) is 123 cm³/mol. The first-order valence-electron chi connectivity index (χ1n) is 11.7. The summed E-state index contributed by atoms with van der Waals surface area (Å²) >= 11 is 0. The molecule has 0 radical (unpaired) electrons. The average Bonchev–Trinajstić information content (AvgIpc) is 3.38. The summed E-state index contributed by atoms with van der Waals surface area (Å²) in [6, 6.07) is 13.9. The molecule has 1 saturated carbocycles. The van der Waals surface area contributed by atoms with Gasteiger partial charge in [-0.15, -0.1) is 0 Å². The van der Waals surface area contributed by atoms with E-state index in [-0.39, 0.29) is 17.9 Å². The number of amides is 2. The van der Waals surface area contributed by atoms with Crippen LogP contribution in [-0.2, 0) is 17.8 Å². The lowest BCUT2D eigenvalue weighted by molar-refractivity contribution is -0.134. The highest BCUT2D eigenvalue weighted by Gasteiger charge is 2.48. The second-order valence-corrected chi connectivity index (χ2v) is 9.59. The standard InChI is InChI=1S/C26H31N3O3/c1-18-8-6-7-11-20(18)27-25(31)26(2)17-28-21-13-15-32-23(21)16-22(28)24(30)29(26)14-12-19-9-4-3-5-10-19/h3-5,9-10,13,15-16,18,20H,6-8,11-12,14,17H2,1-2H3,(H,27,31)/t18-,20+,26+/m1/s1. The van der Waals surface area contributed by atoms with Crippen molar-refractivity contribution in [1.82, 2.24) is 14.8 Å². The van der Waals surface area contributed by atoms with Crippen LogP contribution in [0.5, 0.6) is 0 Å². The van der Waals surface area contributed by atoms with E-state index in [2.05, 4.69) is 24.4 Å². The van der Waals surface area contributed by atoms with Crippen molar-refractivity contribution >= 4 is 22.9 Å². The molecule has 6 heteroatoms. The summed E-state index contributed by atoms with van der Waals surface area (Å²) in [6.45, 7) is 5.02. The SMILES string of the molecule is C[C@@H]1CCCC[C@@H]1NC(=O)[C@]1(C)Cn2c(cc3occc32)C(=O)N1CCc1ccccc1. The molecule has 6 nitrogen and oxygen atoms in total. The van der Waals surface area contributed by atoms with Crippen LogP contribution in [0.2, 0.25) is 0 Å². The van der Waals surface area contributed by atoms with Crippen LogP contribution >= 0.6 is 0 Å². The van der Waals surface area contributed by atoms with E-state index in [1.807, 2.05) is 35.8 Å². The number of aromatic nitrogens is 1. The van der Waals surface area contributed by atoms with Crippen molar-refractivity contribution in [3.05, 3.63) is 60.0 Å². The van der Waals surface area contributed by atoms with Crippen molar-refractivity contribution in [3.8, 4) is 0 Å². The Bertz CT molecular complexity index is 1130. The summed E-state index contributed by atoms with van der Waals surface area (Å²) in [5.74, 6) is 0.276. The Morgan fingerprint density at radius 2 is 1.97 bits per heavy atom. The number of nitrogens with zero attached hydrogens (tertiary/aromatic N) is 2. The minimum Gasteiger partial charge on any atom is -0.463 e. The van der Waals surface area contributed by atoms with Gasteiger partial charge in [-0.25, -0.2) is 0 Å². The number of rotatable bonds is 5. The molecule has 2 aliphatic rings. The van der Waals surface area contributed by atoms with Crippen LogP contribution in [0.4, 0.5) is 0 Å². The Labute approximate surface area is 188 Å². The zero-order chi connectivity index (χ0) is 22.3. The molecule has 0 spiro atoms. The van der Waals surface area contributed by atoms with Crippen LogP contribution < -0.4 is 5.32 Å². The van der Waals surface area contributed by atoms with E-state index in [9.17, 15) is 9.59 Å². The average molecular weight is 434 g/mol. The first-order chi connectivity index (χ1) is 15.5. The van der Waals surface area contributed by atoms with Gasteiger partial charge in [0.05, 0.1) is 18.3 Å². The van der Waals surface area contributed by atoms with Gasteiger partial charge in [-0.05, 0) is 37.7 Å². The molecule has 3 aromatic rings. The Morgan fingerprint density at radius 1 is 1.19 bits per heavy atom. The zero-order valence-electron chi connectivity index (χ0n) is 18.8. The highest BCUT2D eigenvalue weighted by molar-refractivity contribution is 6.02. The number of benzene rings is 1. The Balaban J connectivity index is 1.48. The molecule has 2 amide bonds. The lowest BCUT2D eigenvalue weighted by Crippen LogP contribution is -2.65. The van der Waals surface area contributed by atoms with Crippen molar-refractivity contribution in [2.45, 2.75) is 64.1 Å². The van der Waals surface area contributed by atoms with Crippen LogP contribution in [0.25, 0.3) is 11.1 Å². The highest BCUT2D eigenvalue weighted by Crippen LogP contribution is 2.34.